The number of fused-ring (bicyclic) bond motifs is 1. The van der Waals surface area contributed by atoms with Gasteiger partial charge >= 0.3 is 0 Å². The molecule has 1 saturated heterocycles. The minimum Gasteiger partial charge on any atom is -0.489 e. The van der Waals surface area contributed by atoms with Crippen molar-refractivity contribution in [1.29, 1.82) is 0 Å². The zero-order valence-corrected chi connectivity index (χ0v) is 22.8. The molecule has 2 N–H and O–H groups in total. The van der Waals surface area contributed by atoms with Crippen molar-refractivity contribution in [3.05, 3.63) is 126 Å². The molecule has 1 atom stereocenters. The van der Waals surface area contributed by atoms with Gasteiger partial charge in [-0.15, -0.1) is 0 Å². The minimum atomic E-state index is -0.235. The molecule has 2 aliphatic heterocycles. The van der Waals surface area contributed by atoms with Gasteiger partial charge < -0.3 is 19.4 Å². The standard InChI is InChI=1S/C34H37FN4O/c35-29-14-10-27(11-15-29)24-38-32-8-4-5-9-33(32)39(34(38)36)30-19-22-37(23-20-30)21-18-26-12-16-31(17-13-26)40-25-28-6-2-1-3-7-28/h1-17,30,34H,18-25,36H2. The van der Waals surface area contributed by atoms with Crippen molar-refractivity contribution in [3.63, 3.8) is 0 Å². The molecule has 0 spiro atoms. The molecular formula is C34H37FN4O. The monoisotopic (exact) mass is 536 g/mol. The van der Waals surface area contributed by atoms with E-state index in [0.717, 1.165) is 55.9 Å². The average molecular weight is 537 g/mol. The van der Waals surface area contributed by atoms with Crippen molar-refractivity contribution in [2.45, 2.75) is 44.7 Å². The average Bonchev–Trinajstić information content (AvgIpc) is 3.28. The number of likely N-dealkylation sites (tertiary alicyclic amines) is 1. The molecule has 0 radical (unpaired) electrons. The predicted octanol–water partition coefficient (Wildman–Crippen LogP) is 6.18. The van der Waals surface area contributed by atoms with E-state index in [1.54, 1.807) is 0 Å². The Morgan fingerprint density at radius 2 is 1.38 bits per heavy atom. The Labute approximate surface area is 236 Å². The summed E-state index contributed by atoms with van der Waals surface area (Å²) in [6.07, 6.45) is 2.96. The van der Waals surface area contributed by atoms with E-state index >= 15 is 0 Å². The van der Waals surface area contributed by atoms with Crippen LogP contribution in [0.15, 0.2) is 103 Å². The van der Waals surface area contributed by atoms with Crippen molar-refractivity contribution < 1.29 is 9.13 Å². The van der Waals surface area contributed by atoms with Gasteiger partial charge in [0.25, 0.3) is 0 Å². The number of halogens is 1. The van der Waals surface area contributed by atoms with Crippen molar-refractivity contribution >= 4 is 11.4 Å². The molecule has 40 heavy (non-hydrogen) atoms. The van der Waals surface area contributed by atoms with Crippen LogP contribution in [0.3, 0.4) is 0 Å². The number of ether oxygens (including phenoxy) is 1. The fourth-order valence-electron chi connectivity index (χ4n) is 5.94. The maximum Gasteiger partial charge on any atom is 0.156 e. The highest BCUT2D eigenvalue weighted by Crippen LogP contribution is 2.41. The lowest BCUT2D eigenvalue weighted by Crippen LogP contribution is -2.56. The molecule has 6 rings (SSSR count). The van der Waals surface area contributed by atoms with Crippen molar-refractivity contribution in [1.82, 2.24) is 4.90 Å². The van der Waals surface area contributed by atoms with Crippen LogP contribution in [0.1, 0.15) is 29.5 Å². The van der Waals surface area contributed by atoms with Gasteiger partial charge in [-0.2, -0.15) is 0 Å². The highest BCUT2D eigenvalue weighted by atomic mass is 19.1. The minimum absolute atomic E-state index is 0.215. The van der Waals surface area contributed by atoms with Crippen molar-refractivity contribution in [2.24, 2.45) is 5.73 Å². The number of nitrogens with zero attached hydrogens (tertiary/aromatic N) is 3. The zero-order chi connectivity index (χ0) is 27.3. The number of rotatable bonds is 9. The van der Waals surface area contributed by atoms with Gasteiger partial charge in [-0.3, -0.25) is 5.73 Å². The Morgan fingerprint density at radius 3 is 2.10 bits per heavy atom. The Morgan fingerprint density at radius 1 is 0.725 bits per heavy atom. The van der Waals surface area contributed by atoms with Crippen molar-refractivity contribution in [2.75, 3.05) is 29.4 Å². The van der Waals surface area contributed by atoms with Gasteiger partial charge in [-0.1, -0.05) is 66.7 Å². The first-order valence-electron chi connectivity index (χ1n) is 14.3. The first-order valence-corrected chi connectivity index (χ1v) is 14.3. The number of hydrogen-bond acceptors (Lipinski definition) is 5. The van der Waals surface area contributed by atoms with Gasteiger partial charge in [0.15, 0.2) is 6.29 Å². The number of benzene rings is 4. The molecule has 1 fully saturated rings. The normalized spacial score (nSPS) is 17.7. The lowest BCUT2D eigenvalue weighted by atomic mass is 10.0. The Bertz CT molecular complexity index is 1370. The molecule has 4 aromatic carbocycles. The highest BCUT2D eigenvalue weighted by molar-refractivity contribution is 5.77. The van der Waals surface area contributed by atoms with Crippen LogP contribution in [0, 0.1) is 5.82 Å². The van der Waals surface area contributed by atoms with Crippen LogP contribution in [0.2, 0.25) is 0 Å². The zero-order valence-electron chi connectivity index (χ0n) is 22.8. The summed E-state index contributed by atoms with van der Waals surface area (Å²) >= 11 is 0. The number of nitrogens with two attached hydrogens (primary N) is 1. The number of para-hydroxylation sites is 2. The summed E-state index contributed by atoms with van der Waals surface area (Å²) in [5.74, 6) is 0.692. The molecule has 4 aromatic rings. The van der Waals surface area contributed by atoms with Crippen LogP contribution >= 0.6 is 0 Å². The molecular weight excluding hydrogens is 499 g/mol. The second-order valence-electron chi connectivity index (χ2n) is 10.8. The molecule has 0 bridgehead atoms. The van der Waals surface area contributed by atoms with Gasteiger partial charge in [0.05, 0.1) is 11.4 Å². The summed E-state index contributed by atoms with van der Waals surface area (Å²) in [6, 6.07) is 34.4. The Hall–Kier alpha value is -3.87. The third-order valence-corrected chi connectivity index (χ3v) is 8.18. The van der Waals surface area contributed by atoms with E-state index in [9.17, 15) is 4.39 Å². The van der Waals surface area contributed by atoms with Gasteiger partial charge in [0, 0.05) is 32.2 Å². The highest BCUT2D eigenvalue weighted by Gasteiger charge is 2.38. The summed E-state index contributed by atoms with van der Waals surface area (Å²) in [5, 5.41) is 0. The lowest BCUT2D eigenvalue weighted by Gasteiger charge is -2.40. The van der Waals surface area contributed by atoms with E-state index < -0.39 is 0 Å². The molecule has 0 saturated carbocycles. The molecule has 5 nitrogen and oxygen atoms in total. The Balaban J connectivity index is 1.01. The van der Waals surface area contributed by atoms with E-state index in [0.29, 0.717) is 19.2 Å². The van der Waals surface area contributed by atoms with E-state index in [4.69, 9.17) is 10.5 Å². The number of hydrogen-bond donors (Lipinski definition) is 1. The molecule has 0 aliphatic carbocycles. The number of piperidine rings is 1. The van der Waals surface area contributed by atoms with Crippen LogP contribution in [-0.2, 0) is 19.6 Å². The summed E-state index contributed by atoms with van der Waals surface area (Å²) in [5.41, 5.74) is 12.8. The smallest absolute Gasteiger partial charge is 0.156 e. The van der Waals surface area contributed by atoms with Crippen LogP contribution in [0.4, 0.5) is 15.8 Å². The van der Waals surface area contributed by atoms with Crippen molar-refractivity contribution in [3.8, 4) is 5.75 Å². The summed E-state index contributed by atoms with van der Waals surface area (Å²) < 4.78 is 19.4. The fourth-order valence-corrected chi connectivity index (χ4v) is 5.94. The molecule has 206 valence electrons. The summed E-state index contributed by atoms with van der Waals surface area (Å²) in [4.78, 5) is 7.21. The molecule has 0 amide bonds. The molecule has 2 aliphatic rings. The summed E-state index contributed by atoms with van der Waals surface area (Å²) in [6.45, 7) is 4.42. The maximum atomic E-state index is 13.4. The summed E-state index contributed by atoms with van der Waals surface area (Å²) in [7, 11) is 0. The lowest BCUT2D eigenvalue weighted by molar-refractivity contribution is 0.207. The van der Waals surface area contributed by atoms with Crippen LogP contribution in [0.25, 0.3) is 0 Å². The quantitative estimate of drug-likeness (QED) is 0.277. The van der Waals surface area contributed by atoms with Gasteiger partial charge in [0.2, 0.25) is 0 Å². The van der Waals surface area contributed by atoms with E-state index in [1.807, 2.05) is 30.3 Å². The third kappa shape index (κ3) is 5.98. The number of anilines is 2. The van der Waals surface area contributed by atoms with E-state index in [-0.39, 0.29) is 12.1 Å². The topological polar surface area (TPSA) is 45.0 Å². The second kappa shape index (κ2) is 12.1. The Kier molecular flexibility index (Phi) is 7.98. The van der Waals surface area contributed by atoms with Gasteiger partial charge in [0.1, 0.15) is 18.2 Å². The first kappa shape index (κ1) is 26.4. The van der Waals surface area contributed by atoms with Crippen LogP contribution in [-0.4, -0.2) is 36.9 Å². The van der Waals surface area contributed by atoms with Crippen LogP contribution < -0.4 is 20.3 Å². The van der Waals surface area contributed by atoms with Gasteiger partial charge in [-0.05, 0) is 72.4 Å². The predicted molar refractivity (Wildman–Crippen MR) is 160 cm³/mol. The second-order valence-corrected chi connectivity index (χ2v) is 10.8. The molecule has 0 aromatic heterocycles. The fraction of sp³-hybridized carbons (Fsp3) is 0.294. The largest absolute Gasteiger partial charge is 0.489 e. The molecule has 1 unspecified atom stereocenters. The SMILES string of the molecule is NC1N(Cc2ccc(F)cc2)c2ccccc2N1C1CCN(CCc2ccc(OCc3ccccc3)cc2)CC1. The molecule has 6 heteroatoms. The van der Waals surface area contributed by atoms with E-state index in [2.05, 4.69) is 75.4 Å². The van der Waals surface area contributed by atoms with E-state index in [1.165, 1.54) is 28.9 Å². The first-order chi connectivity index (χ1) is 19.6. The molecule has 2 heterocycles. The van der Waals surface area contributed by atoms with Gasteiger partial charge in [-0.25, -0.2) is 4.39 Å². The third-order valence-electron chi connectivity index (χ3n) is 8.18. The maximum absolute atomic E-state index is 13.4. The van der Waals surface area contributed by atoms with Crippen LogP contribution in [0.5, 0.6) is 5.75 Å².